The van der Waals surface area contributed by atoms with E-state index in [2.05, 4.69) is 22.1 Å². The SMILES string of the molecule is CC(CNC(=O)c1ccncc1N)N1CCCC1. The molecule has 1 aliphatic heterocycles. The summed E-state index contributed by atoms with van der Waals surface area (Å²) in [6, 6.07) is 2.02. The molecule has 0 radical (unpaired) electrons. The monoisotopic (exact) mass is 248 g/mol. The number of hydrogen-bond donors (Lipinski definition) is 2. The van der Waals surface area contributed by atoms with E-state index in [1.54, 1.807) is 12.3 Å². The van der Waals surface area contributed by atoms with Crippen LogP contribution in [0.2, 0.25) is 0 Å². The van der Waals surface area contributed by atoms with Crippen molar-refractivity contribution in [3.63, 3.8) is 0 Å². The number of amides is 1. The van der Waals surface area contributed by atoms with Gasteiger partial charge in [-0.15, -0.1) is 0 Å². The quantitative estimate of drug-likeness (QED) is 0.829. The van der Waals surface area contributed by atoms with Crippen molar-refractivity contribution >= 4 is 11.6 Å². The van der Waals surface area contributed by atoms with Gasteiger partial charge in [0.05, 0.1) is 17.4 Å². The second-order valence-electron chi connectivity index (χ2n) is 4.77. The Hall–Kier alpha value is -1.62. The van der Waals surface area contributed by atoms with Crippen LogP contribution in [0, 0.1) is 0 Å². The number of carbonyl (C=O) groups is 1. The summed E-state index contributed by atoms with van der Waals surface area (Å²) in [4.78, 5) is 18.2. The number of hydrogen-bond acceptors (Lipinski definition) is 4. The molecular weight excluding hydrogens is 228 g/mol. The predicted molar refractivity (Wildman–Crippen MR) is 71.3 cm³/mol. The average Bonchev–Trinajstić information content (AvgIpc) is 2.90. The van der Waals surface area contributed by atoms with Gasteiger partial charge in [0.25, 0.3) is 5.91 Å². The van der Waals surface area contributed by atoms with E-state index >= 15 is 0 Å². The Bertz CT molecular complexity index is 415. The van der Waals surface area contributed by atoms with E-state index in [1.807, 2.05) is 0 Å². The molecule has 5 nitrogen and oxygen atoms in total. The minimum atomic E-state index is -0.124. The zero-order valence-corrected chi connectivity index (χ0v) is 10.7. The Kier molecular flexibility index (Phi) is 4.15. The van der Waals surface area contributed by atoms with E-state index in [9.17, 15) is 4.79 Å². The summed E-state index contributed by atoms with van der Waals surface area (Å²) >= 11 is 0. The van der Waals surface area contributed by atoms with Crippen molar-refractivity contribution in [3.05, 3.63) is 24.0 Å². The van der Waals surface area contributed by atoms with Crippen LogP contribution in [-0.4, -0.2) is 41.5 Å². The lowest BCUT2D eigenvalue weighted by molar-refractivity contribution is 0.0941. The Morgan fingerprint density at radius 2 is 2.28 bits per heavy atom. The summed E-state index contributed by atoms with van der Waals surface area (Å²) in [5.41, 5.74) is 6.64. The molecule has 1 atom stereocenters. The van der Waals surface area contributed by atoms with Gasteiger partial charge in [-0.2, -0.15) is 0 Å². The largest absolute Gasteiger partial charge is 0.397 e. The first kappa shape index (κ1) is 12.8. The molecule has 0 aromatic carbocycles. The summed E-state index contributed by atoms with van der Waals surface area (Å²) in [5, 5.41) is 2.93. The zero-order chi connectivity index (χ0) is 13.0. The number of nitrogens with one attached hydrogen (secondary N) is 1. The fraction of sp³-hybridized carbons (Fsp3) is 0.538. The standard InChI is InChI=1S/C13H20N4O/c1-10(17-6-2-3-7-17)8-16-13(18)11-4-5-15-9-12(11)14/h4-5,9-10H,2-3,6-8,14H2,1H3,(H,16,18). The number of carbonyl (C=O) groups excluding carboxylic acids is 1. The van der Waals surface area contributed by atoms with E-state index in [0.717, 1.165) is 13.1 Å². The molecule has 1 unspecified atom stereocenters. The summed E-state index contributed by atoms with van der Waals surface area (Å²) in [7, 11) is 0. The molecule has 3 N–H and O–H groups in total. The molecule has 18 heavy (non-hydrogen) atoms. The third-order valence-electron chi connectivity index (χ3n) is 3.42. The molecule has 1 aromatic rings. The Morgan fingerprint density at radius 3 is 2.94 bits per heavy atom. The van der Waals surface area contributed by atoms with Crippen LogP contribution in [0.5, 0.6) is 0 Å². The van der Waals surface area contributed by atoms with Crippen molar-refractivity contribution in [1.82, 2.24) is 15.2 Å². The maximum Gasteiger partial charge on any atom is 0.253 e. The van der Waals surface area contributed by atoms with Crippen LogP contribution in [0.25, 0.3) is 0 Å². The van der Waals surface area contributed by atoms with E-state index in [1.165, 1.54) is 19.0 Å². The molecule has 2 rings (SSSR count). The van der Waals surface area contributed by atoms with Gasteiger partial charge in [-0.25, -0.2) is 0 Å². The van der Waals surface area contributed by atoms with Crippen LogP contribution in [-0.2, 0) is 0 Å². The van der Waals surface area contributed by atoms with E-state index in [0.29, 0.717) is 23.8 Å². The number of nitrogens with zero attached hydrogens (tertiary/aromatic N) is 2. The topological polar surface area (TPSA) is 71.2 Å². The molecule has 1 aromatic heterocycles. The highest BCUT2D eigenvalue weighted by Crippen LogP contribution is 2.11. The van der Waals surface area contributed by atoms with Gasteiger partial charge < -0.3 is 11.1 Å². The summed E-state index contributed by atoms with van der Waals surface area (Å²) in [5.74, 6) is -0.124. The highest BCUT2D eigenvalue weighted by Gasteiger charge is 2.18. The van der Waals surface area contributed by atoms with Crippen molar-refractivity contribution in [1.29, 1.82) is 0 Å². The van der Waals surface area contributed by atoms with Crippen molar-refractivity contribution in [2.24, 2.45) is 0 Å². The summed E-state index contributed by atoms with van der Waals surface area (Å²) in [6.45, 7) is 5.06. The second kappa shape index (κ2) is 5.82. The lowest BCUT2D eigenvalue weighted by atomic mass is 10.2. The number of rotatable bonds is 4. The lowest BCUT2D eigenvalue weighted by Gasteiger charge is -2.23. The first-order valence-electron chi connectivity index (χ1n) is 6.40. The average molecular weight is 248 g/mol. The molecule has 0 spiro atoms. The molecular formula is C13H20N4O. The van der Waals surface area contributed by atoms with Gasteiger partial charge in [0.15, 0.2) is 0 Å². The number of likely N-dealkylation sites (tertiary alicyclic amines) is 1. The molecule has 0 bridgehead atoms. The molecule has 2 heterocycles. The van der Waals surface area contributed by atoms with Crippen LogP contribution >= 0.6 is 0 Å². The van der Waals surface area contributed by atoms with E-state index in [-0.39, 0.29) is 5.91 Å². The molecule has 5 heteroatoms. The van der Waals surface area contributed by atoms with Crippen molar-refractivity contribution in [2.75, 3.05) is 25.4 Å². The fourth-order valence-corrected chi connectivity index (χ4v) is 2.26. The molecule has 1 amide bonds. The van der Waals surface area contributed by atoms with Gasteiger partial charge in [0.1, 0.15) is 0 Å². The van der Waals surface area contributed by atoms with Gasteiger partial charge in [-0.3, -0.25) is 14.7 Å². The molecule has 98 valence electrons. The maximum absolute atomic E-state index is 11.9. The van der Waals surface area contributed by atoms with Crippen LogP contribution in [0.3, 0.4) is 0 Å². The zero-order valence-electron chi connectivity index (χ0n) is 10.7. The Morgan fingerprint density at radius 1 is 1.56 bits per heavy atom. The molecule has 0 saturated carbocycles. The predicted octanol–water partition coefficient (Wildman–Crippen LogP) is 0.878. The van der Waals surface area contributed by atoms with Gasteiger partial charge >= 0.3 is 0 Å². The first-order valence-corrected chi connectivity index (χ1v) is 6.40. The first-order chi connectivity index (χ1) is 8.68. The van der Waals surface area contributed by atoms with Gasteiger partial charge in [0.2, 0.25) is 0 Å². The molecule has 1 fully saturated rings. The van der Waals surface area contributed by atoms with Crippen LogP contribution < -0.4 is 11.1 Å². The number of anilines is 1. The van der Waals surface area contributed by atoms with Crippen molar-refractivity contribution in [3.8, 4) is 0 Å². The lowest BCUT2D eigenvalue weighted by Crippen LogP contribution is -2.40. The van der Waals surface area contributed by atoms with Crippen molar-refractivity contribution < 1.29 is 4.79 Å². The summed E-state index contributed by atoms with van der Waals surface area (Å²) in [6.07, 6.45) is 5.60. The Labute approximate surface area is 107 Å². The maximum atomic E-state index is 11.9. The second-order valence-corrected chi connectivity index (χ2v) is 4.77. The van der Waals surface area contributed by atoms with Gasteiger partial charge in [0, 0.05) is 18.8 Å². The van der Waals surface area contributed by atoms with Crippen LogP contribution in [0.1, 0.15) is 30.1 Å². The third-order valence-corrected chi connectivity index (χ3v) is 3.42. The smallest absolute Gasteiger partial charge is 0.253 e. The Balaban J connectivity index is 1.86. The van der Waals surface area contributed by atoms with E-state index in [4.69, 9.17) is 5.73 Å². The normalized spacial score (nSPS) is 17.6. The molecule has 1 saturated heterocycles. The molecule has 1 aliphatic rings. The minimum absolute atomic E-state index is 0.124. The minimum Gasteiger partial charge on any atom is -0.397 e. The molecule has 0 aliphatic carbocycles. The number of nitrogens with two attached hydrogens (primary N) is 1. The summed E-state index contributed by atoms with van der Waals surface area (Å²) < 4.78 is 0. The van der Waals surface area contributed by atoms with E-state index < -0.39 is 0 Å². The number of nitrogen functional groups attached to an aromatic ring is 1. The number of pyridine rings is 1. The highest BCUT2D eigenvalue weighted by atomic mass is 16.1. The van der Waals surface area contributed by atoms with Crippen LogP contribution in [0.4, 0.5) is 5.69 Å². The number of aromatic nitrogens is 1. The van der Waals surface area contributed by atoms with Crippen LogP contribution in [0.15, 0.2) is 18.5 Å². The van der Waals surface area contributed by atoms with Gasteiger partial charge in [-0.1, -0.05) is 0 Å². The highest BCUT2D eigenvalue weighted by molar-refractivity contribution is 5.98. The van der Waals surface area contributed by atoms with Crippen molar-refractivity contribution in [2.45, 2.75) is 25.8 Å². The third kappa shape index (κ3) is 2.98. The van der Waals surface area contributed by atoms with Gasteiger partial charge in [-0.05, 0) is 38.9 Å². The fourth-order valence-electron chi connectivity index (χ4n) is 2.26.